The highest BCUT2D eigenvalue weighted by atomic mass is 35.7. The van der Waals surface area contributed by atoms with Gasteiger partial charge in [-0.15, -0.1) is 0 Å². The summed E-state index contributed by atoms with van der Waals surface area (Å²) in [6.45, 7) is 1.00. The van der Waals surface area contributed by atoms with E-state index >= 15 is 0 Å². The molecule has 0 saturated heterocycles. The molecule has 0 saturated carbocycles. The predicted octanol–water partition coefficient (Wildman–Crippen LogP) is 2.69. The fraction of sp³-hybridized carbons (Fsp3) is 0.333. The average Bonchev–Trinajstić information content (AvgIpc) is 2.15. The molecule has 1 atom stereocenters. The Morgan fingerprint density at radius 2 is 2.00 bits per heavy atom. The number of halogens is 2. The van der Waals surface area contributed by atoms with E-state index in [1.807, 2.05) is 0 Å². The van der Waals surface area contributed by atoms with Gasteiger partial charge in [0, 0.05) is 16.6 Å². The van der Waals surface area contributed by atoms with Gasteiger partial charge in [-0.25, -0.2) is 8.42 Å². The molecule has 0 fully saturated rings. The number of hydrogen-bond acceptors (Lipinski definition) is 2. The summed E-state index contributed by atoms with van der Waals surface area (Å²) in [6, 6.07) is 6.17. The van der Waals surface area contributed by atoms with Crippen LogP contribution < -0.4 is 0 Å². The molecule has 0 spiro atoms. The normalized spacial score (nSPS) is 13.9. The van der Waals surface area contributed by atoms with E-state index in [0.717, 1.165) is 0 Å². The lowest BCUT2D eigenvalue weighted by Crippen LogP contribution is -2.03. The zero-order valence-electron chi connectivity index (χ0n) is 7.57. The van der Waals surface area contributed by atoms with E-state index in [2.05, 4.69) is 0 Å². The van der Waals surface area contributed by atoms with E-state index in [9.17, 15) is 12.8 Å². The van der Waals surface area contributed by atoms with Crippen LogP contribution in [0.5, 0.6) is 0 Å². The summed E-state index contributed by atoms with van der Waals surface area (Å²) in [6.07, 6.45) is 0. The van der Waals surface area contributed by atoms with Gasteiger partial charge in [0.25, 0.3) is 9.05 Å². The molecule has 0 aliphatic rings. The summed E-state index contributed by atoms with van der Waals surface area (Å²) in [5.41, 5.74) is 0.421. The minimum Gasteiger partial charge on any atom is -0.250 e. The monoisotopic (exact) mass is 236 g/mol. The van der Waals surface area contributed by atoms with Crippen LogP contribution in [0.4, 0.5) is 4.39 Å². The standard InChI is InChI=1S/C9H10ClFO2S/c1-7(6-11)8-4-2-3-5-9(8)14(10,12)13/h2-5,7H,6H2,1H3/t7-/m1/s1. The van der Waals surface area contributed by atoms with Gasteiger partial charge in [0.2, 0.25) is 0 Å². The van der Waals surface area contributed by atoms with Crippen molar-refractivity contribution in [2.24, 2.45) is 0 Å². The lowest BCUT2D eigenvalue weighted by atomic mass is 10.0. The Morgan fingerprint density at radius 1 is 1.43 bits per heavy atom. The van der Waals surface area contributed by atoms with Crippen LogP contribution in [0, 0.1) is 0 Å². The van der Waals surface area contributed by atoms with Crippen LogP contribution in [0.2, 0.25) is 0 Å². The highest BCUT2D eigenvalue weighted by Gasteiger charge is 2.18. The smallest absolute Gasteiger partial charge is 0.250 e. The van der Waals surface area contributed by atoms with Gasteiger partial charge in [-0.3, -0.25) is 4.39 Å². The molecule has 0 amide bonds. The second kappa shape index (κ2) is 4.28. The number of hydrogen-bond donors (Lipinski definition) is 0. The minimum absolute atomic E-state index is 0.00758. The molecule has 14 heavy (non-hydrogen) atoms. The maximum Gasteiger partial charge on any atom is 0.261 e. The Hall–Kier alpha value is -0.610. The Bertz CT molecular complexity index is 417. The van der Waals surface area contributed by atoms with Crippen molar-refractivity contribution in [3.63, 3.8) is 0 Å². The highest BCUT2D eigenvalue weighted by Crippen LogP contribution is 2.26. The van der Waals surface area contributed by atoms with Crippen LogP contribution in [0.3, 0.4) is 0 Å². The van der Waals surface area contributed by atoms with Crippen LogP contribution in [-0.4, -0.2) is 15.1 Å². The number of rotatable bonds is 3. The van der Waals surface area contributed by atoms with Crippen molar-refractivity contribution in [2.75, 3.05) is 6.67 Å². The first-order valence-corrected chi connectivity index (χ1v) is 6.37. The fourth-order valence-corrected chi connectivity index (χ4v) is 2.41. The molecule has 0 bridgehead atoms. The van der Waals surface area contributed by atoms with Gasteiger partial charge in [0.15, 0.2) is 0 Å². The van der Waals surface area contributed by atoms with E-state index in [1.54, 1.807) is 25.1 Å². The van der Waals surface area contributed by atoms with Crippen LogP contribution >= 0.6 is 10.7 Å². The average molecular weight is 237 g/mol. The van der Waals surface area contributed by atoms with E-state index in [4.69, 9.17) is 10.7 Å². The van der Waals surface area contributed by atoms with Crippen molar-refractivity contribution >= 4 is 19.7 Å². The molecule has 2 nitrogen and oxygen atoms in total. The molecule has 1 aromatic rings. The van der Waals surface area contributed by atoms with Gasteiger partial charge in [-0.2, -0.15) is 0 Å². The Morgan fingerprint density at radius 3 is 2.50 bits per heavy atom. The highest BCUT2D eigenvalue weighted by molar-refractivity contribution is 8.13. The van der Waals surface area contributed by atoms with Crippen molar-refractivity contribution < 1.29 is 12.8 Å². The topological polar surface area (TPSA) is 34.1 Å². The van der Waals surface area contributed by atoms with E-state index in [-0.39, 0.29) is 4.90 Å². The lowest BCUT2D eigenvalue weighted by Gasteiger charge is -2.10. The lowest BCUT2D eigenvalue weighted by molar-refractivity contribution is 0.444. The fourth-order valence-electron chi connectivity index (χ4n) is 1.19. The molecule has 0 aromatic heterocycles. The summed E-state index contributed by atoms with van der Waals surface area (Å²) in [4.78, 5) is -0.00758. The van der Waals surface area contributed by atoms with Crippen LogP contribution in [0.1, 0.15) is 18.4 Å². The van der Waals surface area contributed by atoms with Gasteiger partial charge >= 0.3 is 0 Å². The molecule has 1 aromatic carbocycles. The molecule has 1 rings (SSSR count). The molecule has 0 unspecified atom stereocenters. The van der Waals surface area contributed by atoms with Crippen molar-refractivity contribution in [1.82, 2.24) is 0 Å². The molecule has 0 heterocycles. The van der Waals surface area contributed by atoms with Gasteiger partial charge in [0.05, 0.1) is 11.6 Å². The molecule has 5 heteroatoms. The van der Waals surface area contributed by atoms with E-state index in [1.165, 1.54) is 6.07 Å². The first kappa shape index (κ1) is 11.5. The first-order chi connectivity index (χ1) is 6.46. The SMILES string of the molecule is C[C@H](CF)c1ccccc1S(=O)(=O)Cl. The molecule has 0 N–H and O–H groups in total. The maximum atomic E-state index is 12.4. The Balaban J connectivity index is 3.30. The third kappa shape index (κ3) is 2.45. The molecular weight excluding hydrogens is 227 g/mol. The summed E-state index contributed by atoms with van der Waals surface area (Å²) < 4.78 is 34.6. The molecule has 78 valence electrons. The zero-order chi connectivity index (χ0) is 10.8. The second-order valence-electron chi connectivity index (χ2n) is 3.03. The Labute approximate surface area is 87.1 Å². The molecule has 0 radical (unpaired) electrons. The molecular formula is C9H10ClFO2S. The van der Waals surface area contributed by atoms with Crippen LogP contribution in [0.25, 0.3) is 0 Å². The van der Waals surface area contributed by atoms with E-state index < -0.39 is 21.6 Å². The van der Waals surface area contributed by atoms with Gasteiger partial charge in [-0.1, -0.05) is 25.1 Å². The van der Waals surface area contributed by atoms with Crippen molar-refractivity contribution in [3.05, 3.63) is 29.8 Å². The van der Waals surface area contributed by atoms with Crippen LogP contribution in [0.15, 0.2) is 29.2 Å². The summed E-state index contributed by atoms with van der Waals surface area (Å²) in [5, 5.41) is 0. The van der Waals surface area contributed by atoms with Gasteiger partial charge in [-0.05, 0) is 11.6 Å². The second-order valence-corrected chi connectivity index (χ2v) is 5.57. The van der Waals surface area contributed by atoms with Crippen molar-refractivity contribution in [3.8, 4) is 0 Å². The Kier molecular flexibility index (Phi) is 3.50. The number of benzene rings is 1. The first-order valence-electron chi connectivity index (χ1n) is 4.06. The maximum absolute atomic E-state index is 12.4. The third-order valence-corrected chi connectivity index (χ3v) is 3.34. The summed E-state index contributed by atoms with van der Waals surface area (Å²) in [5.74, 6) is -0.459. The van der Waals surface area contributed by atoms with Gasteiger partial charge < -0.3 is 0 Å². The van der Waals surface area contributed by atoms with Crippen molar-refractivity contribution in [2.45, 2.75) is 17.7 Å². The quantitative estimate of drug-likeness (QED) is 0.757. The van der Waals surface area contributed by atoms with E-state index in [0.29, 0.717) is 5.56 Å². The zero-order valence-corrected chi connectivity index (χ0v) is 9.15. The van der Waals surface area contributed by atoms with Gasteiger partial charge in [0.1, 0.15) is 0 Å². The van der Waals surface area contributed by atoms with Crippen molar-refractivity contribution in [1.29, 1.82) is 0 Å². The number of alkyl halides is 1. The summed E-state index contributed by atoms with van der Waals surface area (Å²) in [7, 11) is 1.43. The van der Waals surface area contributed by atoms with Crippen LogP contribution in [-0.2, 0) is 9.05 Å². The summed E-state index contributed by atoms with van der Waals surface area (Å²) >= 11 is 0. The third-order valence-electron chi connectivity index (χ3n) is 1.94. The predicted molar refractivity (Wildman–Crippen MR) is 53.9 cm³/mol. The minimum atomic E-state index is -3.78. The molecule has 0 aliphatic heterocycles. The molecule has 0 aliphatic carbocycles. The largest absolute Gasteiger partial charge is 0.261 e.